The van der Waals surface area contributed by atoms with E-state index in [1.54, 1.807) is 6.92 Å². The summed E-state index contributed by atoms with van der Waals surface area (Å²) in [5.74, 6) is 0.164. The highest BCUT2D eigenvalue weighted by atomic mass is 35.5. The highest BCUT2D eigenvalue weighted by Crippen LogP contribution is 2.34. The van der Waals surface area contributed by atoms with Crippen molar-refractivity contribution in [3.8, 4) is 11.5 Å². The van der Waals surface area contributed by atoms with E-state index in [-0.39, 0.29) is 33.2 Å². The zero-order valence-corrected chi connectivity index (χ0v) is 15.7. The van der Waals surface area contributed by atoms with Gasteiger partial charge in [-0.25, -0.2) is 14.8 Å². The Morgan fingerprint density at radius 2 is 1.85 bits per heavy atom. The van der Waals surface area contributed by atoms with E-state index in [4.69, 9.17) is 49.7 Å². The van der Waals surface area contributed by atoms with Gasteiger partial charge in [-0.15, -0.1) is 0 Å². The van der Waals surface area contributed by atoms with Crippen molar-refractivity contribution in [1.29, 1.82) is 0 Å². The van der Waals surface area contributed by atoms with Gasteiger partial charge in [0.25, 0.3) is 0 Å². The fourth-order valence-electron chi connectivity index (χ4n) is 2.14. The Morgan fingerprint density at radius 3 is 2.54 bits per heavy atom. The molecule has 0 saturated carbocycles. The van der Waals surface area contributed by atoms with Gasteiger partial charge in [-0.05, 0) is 19.1 Å². The first-order chi connectivity index (χ1) is 12.4. The molecule has 26 heavy (non-hydrogen) atoms. The number of nitrogen functional groups attached to an aromatic ring is 1. The Kier molecular flexibility index (Phi) is 5.36. The average Bonchev–Trinajstić information content (AvgIpc) is 3.02. The number of rotatable bonds is 4. The molecule has 0 aliphatic carbocycles. The predicted octanol–water partition coefficient (Wildman–Crippen LogP) is 4.94. The number of esters is 1. The summed E-state index contributed by atoms with van der Waals surface area (Å²) in [4.78, 5) is 20.4. The van der Waals surface area contributed by atoms with Gasteiger partial charge in [0.15, 0.2) is 10.8 Å². The number of oxazole rings is 1. The highest BCUT2D eigenvalue weighted by Gasteiger charge is 2.22. The summed E-state index contributed by atoms with van der Waals surface area (Å²) in [5, 5.41) is -0.274. The molecule has 0 unspecified atom stereocenters. The van der Waals surface area contributed by atoms with E-state index in [1.807, 2.05) is 30.3 Å². The van der Waals surface area contributed by atoms with Crippen molar-refractivity contribution in [3.63, 3.8) is 0 Å². The van der Waals surface area contributed by atoms with E-state index in [0.717, 1.165) is 5.56 Å². The molecule has 0 amide bonds. The second kappa shape index (κ2) is 7.53. The highest BCUT2D eigenvalue weighted by molar-refractivity contribution is 6.46. The fourth-order valence-corrected chi connectivity index (χ4v) is 2.72. The van der Waals surface area contributed by atoms with Crippen molar-refractivity contribution in [1.82, 2.24) is 9.97 Å². The summed E-state index contributed by atoms with van der Waals surface area (Å²) >= 11 is 17.7. The quantitative estimate of drug-likeness (QED) is 0.482. The smallest absolute Gasteiger partial charge is 0.359 e. The molecule has 0 aliphatic rings. The minimum absolute atomic E-state index is 0.0203. The lowest BCUT2D eigenvalue weighted by atomic mass is 10.2. The van der Waals surface area contributed by atoms with Gasteiger partial charge in [-0.1, -0.05) is 53.0 Å². The molecule has 0 radical (unpaired) electrons. The second-order valence-electron chi connectivity index (χ2n) is 5.26. The van der Waals surface area contributed by atoms with Crippen LogP contribution in [0.3, 0.4) is 0 Å². The Balaban J connectivity index is 1.78. The van der Waals surface area contributed by atoms with E-state index in [2.05, 4.69) is 9.97 Å². The first-order valence-corrected chi connectivity index (χ1v) is 8.50. The first kappa shape index (κ1) is 18.5. The Bertz CT molecular complexity index is 974. The molecule has 2 aromatic heterocycles. The molecule has 0 atom stereocenters. The summed E-state index contributed by atoms with van der Waals surface area (Å²) in [6.07, 6.45) is 0. The molecule has 6 nitrogen and oxygen atoms in total. The number of nitrogens with zero attached hydrogens (tertiary/aromatic N) is 2. The fraction of sp³-hybridized carbons (Fsp3) is 0.118. The first-order valence-electron chi connectivity index (χ1n) is 7.37. The SMILES string of the molecule is Cc1oc(-c2ccccc2)nc1COC(=O)c1nc(Cl)c(Cl)c(N)c1Cl. The Hall–Kier alpha value is -2.28. The number of ether oxygens (including phenoxy) is 1. The zero-order valence-electron chi connectivity index (χ0n) is 13.4. The molecule has 0 saturated heterocycles. The molecule has 3 aromatic rings. The van der Waals surface area contributed by atoms with Crippen molar-refractivity contribution < 1.29 is 13.9 Å². The van der Waals surface area contributed by atoms with Crippen molar-refractivity contribution >= 4 is 46.5 Å². The average molecular weight is 413 g/mol. The zero-order chi connectivity index (χ0) is 18.8. The monoisotopic (exact) mass is 411 g/mol. The van der Waals surface area contributed by atoms with Gasteiger partial charge in [0.1, 0.15) is 23.1 Å². The number of carbonyl (C=O) groups is 1. The van der Waals surface area contributed by atoms with E-state index < -0.39 is 5.97 Å². The van der Waals surface area contributed by atoms with Crippen LogP contribution in [0.5, 0.6) is 0 Å². The normalized spacial score (nSPS) is 10.8. The van der Waals surface area contributed by atoms with Gasteiger partial charge in [-0.3, -0.25) is 0 Å². The molecule has 2 N–H and O–H groups in total. The molecular weight excluding hydrogens is 401 g/mol. The van der Waals surface area contributed by atoms with Crippen LogP contribution < -0.4 is 5.73 Å². The van der Waals surface area contributed by atoms with Crippen LogP contribution in [0.2, 0.25) is 15.2 Å². The van der Waals surface area contributed by atoms with E-state index >= 15 is 0 Å². The van der Waals surface area contributed by atoms with Crippen LogP contribution in [0.1, 0.15) is 21.9 Å². The molecular formula is C17H12Cl3N3O3. The van der Waals surface area contributed by atoms with Crippen molar-refractivity contribution in [2.24, 2.45) is 0 Å². The second-order valence-corrected chi connectivity index (χ2v) is 6.37. The van der Waals surface area contributed by atoms with E-state index in [0.29, 0.717) is 17.3 Å². The third-order valence-electron chi connectivity index (χ3n) is 3.52. The summed E-state index contributed by atoms with van der Waals surface area (Å²) in [6, 6.07) is 9.36. The Labute approximate surface area is 163 Å². The molecule has 3 rings (SSSR count). The largest absolute Gasteiger partial charge is 0.454 e. The summed E-state index contributed by atoms with van der Waals surface area (Å²) in [5.41, 5.74) is 6.73. The molecule has 0 spiro atoms. The number of carbonyl (C=O) groups excluding carboxylic acids is 1. The molecule has 1 aromatic carbocycles. The minimum Gasteiger partial charge on any atom is -0.454 e. The van der Waals surface area contributed by atoms with Crippen molar-refractivity contribution in [2.45, 2.75) is 13.5 Å². The third kappa shape index (κ3) is 3.62. The lowest BCUT2D eigenvalue weighted by molar-refractivity contribution is 0.0460. The lowest BCUT2D eigenvalue weighted by Crippen LogP contribution is -2.10. The topological polar surface area (TPSA) is 91.2 Å². The van der Waals surface area contributed by atoms with Crippen molar-refractivity contribution in [2.75, 3.05) is 5.73 Å². The standard InChI is InChI=1S/C17H12Cl3N3O3/c1-8-10(22-16(26-8)9-5-3-2-4-6-9)7-25-17(24)14-11(18)13(21)12(19)15(20)23-14/h2-6H,7H2,1H3,(H2,21,23). The number of aryl methyl sites for hydroxylation is 1. The van der Waals surface area contributed by atoms with Crippen LogP contribution in [0, 0.1) is 6.92 Å². The van der Waals surface area contributed by atoms with Crippen LogP contribution >= 0.6 is 34.8 Å². The van der Waals surface area contributed by atoms with Gasteiger partial charge in [0.2, 0.25) is 5.89 Å². The van der Waals surface area contributed by atoms with Crippen LogP contribution in [-0.4, -0.2) is 15.9 Å². The number of benzene rings is 1. The van der Waals surface area contributed by atoms with Crippen molar-refractivity contribution in [3.05, 3.63) is 62.7 Å². The number of pyridine rings is 1. The van der Waals surface area contributed by atoms with E-state index in [9.17, 15) is 4.79 Å². The van der Waals surface area contributed by atoms with Crippen LogP contribution in [0.4, 0.5) is 5.69 Å². The number of nitrogens with two attached hydrogens (primary N) is 1. The number of hydrogen-bond acceptors (Lipinski definition) is 6. The van der Waals surface area contributed by atoms with Gasteiger partial charge in [0.05, 0.1) is 10.7 Å². The van der Waals surface area contributed by atoms with Gasteiger partial charge in [-0.2, -0.15) is 0 Å². The van der Waals surface area contributed by atoms with Crippen LogP contribution in [0.15, 0.2) is 34.7 Å². The molecule has 0 bridgehead atoms. The minimum atomic E-state index is -0.802. The lowest BCUT2D eigenvalue weighted by Gasteiger charge is -2.08. The maximum absolute atomic E-state index is 12.3. The molecule has 0 fully saturated rings. The predicted molar refractivity (Wildman–Crippen MR) is 99.5 cm³/mol. The number of anilines is 1. The molecule has 134 valence electrons. The number of aromatic nitrogens is 2. The van der Waals surface area contributed by atoms with Crippen LogP contribution in [-0.2, 0) is 11.3 Å². The Morgan fingerprint density at radius 1 is 1.15 bits per heavy atom. The number of hydrogen-bond donors (Lipinski definition) is 1. The maximum atomic E-state index is 12.3. The van der Waals surface area contributed by atoms with Gasteiger partial charge in [0, 0.05) is 5.56 Å². The number of halogens is 3. The van der Waals surface area contributed by atoms with Gasteiger partial charge < -0.3 is 14.9 Å². The molecule has 0 aliphatic heterocycles. The van der Waals surface area contributed by atoms with Gasteiger partial charge >= 0.3 is 5.97 Å². The summed E-state index contributed by atoms with van der Waals surface area (Å²) in [6.45, 7) is 1.60. The maximum Gasteiger partial charge on any atom is 0.359 e. The molecule has 9 heteroatoms. The van der Waals surface area contributed by atoms with E-state index in [1.165, 1.54) is 0 Å². The third-order valence-corrected chi connectivity index (χ3v) is 4.65. The summed E-state index contributed by atoms with van der Waals surface area (Å²) < 4.78 is 10.8. The summed E-state index contributed by atoms with van der Waals surface area (Å²) in [7, 11) is 0. The molecule has 2 heterocycles. The van der Waals surface area contributed by atoms with Crippen LogP contribution in [0.25, 0.3) is 11.5 Å².